The summed E-state index contributed by atoms with van der Waals surface area (Å²) in [6.07, 6.45) is 1.42. The van der Waals surface area contributed by atoms with Crippen molar-refractivity contribution in [3.05, 3.63) is 47.7 Å². The number of nitriles is 1. The first-order valence-corrected chi connectivity index (χ1v) is 5.64. The molecule has 0 saturated carbocycles. The Kier molecular flexibility index (Phi) is 3.96. The van der Waals surface area contributed by atoms with Gasteiger partial charge in [0.05, 0.1) is 17.9 Å². The van der Waals surface area contributed by atoms with Crippen LogP contribution in [0.15, 0.2) is 36.5 Å². The van der Waals surface area contributed by atoms with Gasteiger partial charge in [-0.15, -0.1) is 0 Å². The van der Waals surface area contributed by atoms with Crippen molar-refractivity contribution in [2.45, 2.75) is 6.61 Å². The van der Waals surface area contributed by atoms with E-state index in [1.807, 2.05) is 24.3 Å². The fourth-order valence-corrected chi connectivity index (χ4v) is 1.59. The highest BCUT2D eigenvalue weighted by molar-refractivity contribution is 5.53. The van der Waals surface area contributed by atoms with Crippen molar-refractivity contribution in [3.8, 4) is 17.7 Å². The predicted octanol–water partition coefficient (Wildman–Crippen LogP) is 2.47. The third kappa shape index (κ3) is 3.21. The number of ether oxygens (including phenoxy) is 2. The Balaban J connectivity index is 2.21. The summed E-state index contributed by atoms with van der Waals surface area (Å²) < 4.78 is 10.6. The average molecular weight is 255 g/mol. The lowest BCUT2D eigenvalue weighted by atomic mass is 10.2. The van der Waals surface area contributed by atoms with E-state index in [9.17, 15) is 0 Å². The lowest BCUT2D eigenvalue weighted by Crippen LogP contribution is -1.96. The second kappa shape index (κ2) is 5.85. The van der Waals surface area contributed by atoms with Crippen LogP contribution >= 0.6 is 0 Å². The Morgan fingerprint density at radius 3 is 2.89 bits per heavy atom. The molecule has 19 heavy (non-hydrogen) atoms. The van der Waals surface area contributed by atoms with Crippen LogP contribution in [0, 0.1) is 11.3 Å². The molecule has 5 nitrogen and oxygen atoms in total. The van der Waals surface area contributed by atoms with E-state index in [2.05, 4.69) is 4.98 Å². The number of methoxy groups -OCH3 is 1. The first-order valence-electron chi connectivity index (χ1n) is 5.64. The Morgan fingerprint density at radius 1 is 1.37 bits per heavy atom. The molecule has 0 radical (unpaired) electrons. The maximum Gasteiger partial charge on any atom is 0.242 e. The minimum absolute atomic E-state index is 0.286. The number of benzene rings is 1. The molecule has 0 aliphatic heterocycles. The summed E-state index contributed by atoms with van der Waals surface area (Å²) in [5.74, 6) is 0.909. The molecule has 96 valence electrons. The number of anilines is 1. The van der Waals surface area contributed by atoms with Crippen LogP contribution in [0.3, 0.4) is 0 Å². The first-order chi connectivity index (χ1) is 9.22. The molecule has 0 spiro atoms. The fourth-order valence-electron chi connectivity index (χ4n) is 1.59. The number of nitrogens with zero attached hydrogens (tertiary/aromatic N) is 2. The molecule has 0 atom stereocenters. The van der Waals surface area contributed by atoms with Crippen LogP contribution in [0.2, 0.25) is 0 Å². The molecule has 1 aromatic heterocycles. The SMILES string of the molecule is COCc1cccc(Oc2ncc(C#N)cc2N)c1. The summed E-state index contributed by atoms with van der Waals surface area (Å²) >= 11 is 0. The van der Waals surface area contributed by atoms with Crippen LogP contribution < -0.4 is 10.5 Å². The van der Waals surface area contributed by atoms with Crippen LogP contribution in [0.25, 0.3) is 0 Å². The van der Waals surface area contributed by atoms with Crippen LogP contribution in [0.4, 0.5) is 5.69 Å². The predicted molar refractivity (Wildman–Crippen MR) is 70.6 cm³/mol. The molecular weight excluding hydrogens is 242 g/mol. The summed E-state index contributed by atoms with van der Waals surface area (Å²) in [7, 11) is 1.63. The zero-order valence-electron chi connectivity index (χ0n) is 10.5. The van der Waals surface area contributed by atoms with E-state index in [4.69, 9.17) is 20.5 Å². The topological polar surface area (TPSA) is 81.2 Å². The number of hydrogen-bond acceptors (Lipinski definition) is 5. The normalized spacial score (nSPS) is 9.89. The van der Waals surface area contributed by atoms with Gasteiger partial charge in [-0.05, 0) is 23.8 Å². The Labute approximate surface area is 111 Å². The number of pyridine rings is 1. The second-order valence-corrected chi connectivity index (χ2v) is 3.91. The van der Waals surface area contributed by atoms with Crippen molar-refractivity contribution < 1.29 is 9.47 Å². The first kappa shape index (κ1) is 12.9. The van der Waals surface area contributed by atoms with E-state index < -0.39 is 0 Å². The lowest BCUT2D eigenvalue weighted by Gasteiger charge is -2.08. The minimum atomic E-state index is 0.286. The summed E-state index contributed by atoms with van der Waals surface area (Å²) in [6.45, 7) is 0.507. The number of rotatable bonds is 4. The van der Waals surface area contributed by atoms with Gasteiger partial charge in [-0.25, -0.2) is 4.98 Å². The molecular formula is C14H13N3O2. The van der Waals surface area contributed by atoms with E-state index >= 15 is 0 Å². The molecule has 2 N–H and O–H groups in total. The standard InChI is InChI=1S/C14H13N3O2/c1-18-9-10-3-2-4-12(5-10)19-14-13(16)6-11(7-15)8-17-14/h2-6,8H,9,16H2,1H3. The maximum absolute atomic E-state index is 8.74. The molecule has 0 saturated heterocycles. The van der Waals surface area contributed by atoms with Gasteiger partial charge in [0.25, 0.3) is 0 Å². The van der Waals surface area contributed by atoms with Gasteiger partial charge in [0.2, 0.25) is 5.88 Å². The fraction of sp³-hybridized carbons (Fsp3) is 0.143. The van der Waals surface area contributed by atoms with E-state index in [0.29, 0.717) is 23.6 Å². The lowest BCUT2D eigenvalue weighted by molar-refractivity contribution is 0.184. The Bertz CT molecular complexity index is 620. The Morgan fingerprint density at radius 2 is 2.21 bits per heavy atom. The highest BCUT2D eigenvalue weighted by atomic mass is 16.5. The van der Waals surface area contributed by atoms with Gasteiger partial charge in [-0.3, -0.25) is 0 Å². The van der Waals surface area contributed by atoms with Gasteiger partial charge in [-0.2, -0.15) is 5.26 Å². The van der Waals surface area contributed by atoms with Crippen molar-refractivity contribution in [2.24, 2.45) is 0 Å². The van der Waals surface area contributed by atoms with Crippen LogP contribution in [0.1, 0.15) is 11.1 Å². The van der Waals surface area contributed by atoms with E-state index in [1.54, 1.807) is 13.2 Å². The maximum atomic E-state index is 8.74. The van der Waals surface area contributed by atoms with Crippen molar-refractivity contribution in [1.82, 2.24) is 4.98 Å². The quantitative estimate of drug-likeness (QED) is 0.907. The monoisotopic (exact) mass is 255 g/mol. The summed E-state index contributed by atoms with van der Waals surface area (Å²) in [5.41, 5.74) is 7.50. The third-order valence-electron chi connectivity index (χ3n) is 2.43. The van der Waals surface area contributed by atoms with Crippen molar-refractivity contribution in [3.63, 3.8) is 0 Å². The van der Waals surface area contributed by atoms with Crippen molar-refractivity contribution >= 4 is 5.69 Å². The van der Waals surface area contributed by atoms with E-state index in [0.717, 1.165) is 5.56 Å². The molecule has 2 rings (SSSR count). The smallest absolute Gasteiger partial charge is 0.242 e. The van der Waals surface area contributed by atoms with Crippen molar-refractivity contribution in [1.29, 1.82) is 5.26 Å². The van der Waals surface area contributed by atoms with E-state index in [1.165, 1.54) is 12.3 Å². The largest absolute Gasteiger partial charge is 0.437 e. The highest BCUT2D eigenvalue weighted by Crippen LogP contribution is 2.26. The molecule has 1 aromatic carbocycles. The third-order valence-corrected chi connectivity index (χ3v) is 2.43. The van der Waals surface area contributed by atoms with Crippen LogP contribution in [0.5, 0.6) is 11.6 Å². The number of nitrogens with two attached hydrogens (primary N) is 1. The average Bonchev–Trinajstić information content (AvgIpc) is 2.42. The van der Waals surface area contributed by atoms with Gasteiger partial charge in [0, 0.05) is 13.3 Å². The van der Waals surface area contributed by atoms with Gasteiger partial charge in [0.15, 0.2) is 0 Å². The van der Waals surface area contributed by atoms with Crippen LogP contribution in [-0.2, 0) is 11.3 Å². The number of nitrogen functional groups attached to an aromatic ring is 1. The van der Waals surface area contributed by atoms with Crippen LogP contribution in [-0.4, -0.2) is 12.1 Å². The highest BCUT2D eigenvalue weighted by Gasteiger charge is 2.06. The molecule has 0 bridgehead atoms. The summed E-state index contributed by atoms with van der Waals surface area (Å²) in [4.78, 5) is 4.02. The Hall–Kier alpha value is -2.58. The molecule has 5 heteroatoms. The number of aromatic nitrogens is 1. The molecule has 1 heterocycles. The molecule has 0 fully saturated rings. The van der Waals surface area contributed by atoms with Gasteiger partial charge < -0.3 is 15.2 Å². The molecule has 2 aromatic rings. The van der Waals surface area contributed by atoms with Gasteiger partial charge >= 0.3 is 0 Å². The summed E-state index contributed by atoms with van der Waals surface area (Å²) in [6, 6.07) is 11.0. The van der Waals surface area contributed by atoms with Crippen molar-refractivity contribution in [2.75, 3.05) is 12.8 Å². The molecule has 0 amide bonds. The van der Waals surface area contributed by atoms with E-state index in [-0.39, 0.29) is 5.88 Å². The number of hydrogen-bond donors (Lipinski definition) is 1. The zero-order valence-corrected chi connectivity index (χ0v) is 10.5. The molecule has 0 aliphatic carbocycles. The summed E-state index contributed by atoms with van der Waals surface area (Å²) in [5, 5.41) is 8.74. The van der Waals surface area contributed by atoms with Gasteiger partial charge in [0.1, 0.15) is 11.8 Å². The zero-order chi connectivity index (χ0) is 13.7. The van der Waals surface area contributed by atoms with Gasteiger partial charge in [-0.1, -0.05) is 12.1 Å². The molecule has 0 unspecified atom stereocenters. The molecule has 0 aliphatic rings. The second-order valence-electron chi connectivity index (χ2n) is 3.91. The minimum Gasteiger partial charge on any atom is -0.437 e.